The highest BCUT2D eigenvalue weighted by Gasteiger charge is 2.06. The molecule has 3 N–H and O–H groups in total. The van der Waals surface area contributed by atoms with E-state index in [1.165, 1.54) is 13.1 Å². The number of anilines is 1. The van der Waals surface area contributed by atoms with E-state index in [1.807, 2.05) is 0 Å². The quantitative estimate of drug-likeness (QED) is 0.691. The summed E-state index contributed by atoms with van der Waals surface area (Å²) in [5, 5.41) is 9.31. The van der Waals surface area contributed by atoms with Gasteiger partial charge in [0.25, 0.3) is 10.2 Å². The number of aryl methyl sites for hydroxylation is 1. The van der Waals surface area contributed by atoms with Gasteiger partial charge in [0.05, 0.1) is 5.69 Å². The van der Waals surface area contributed by atoms with E-state index >= 15 is 0 Å². The Morgan fingerprint density at radius 2 is 2.00 bits per heavy atom. The predicted molar refractivity (Wildman–Crippen MR) is 54.4 cm³/mol. The van der Waals surface area contributed by atoms with Crippen LogP contribution in [0.1, 0.15) is 5.56 Å². The molecular formula is C8H12N2O3S. The Hall–Kier alpha value is -1.27. The van der Waals surface area contributed by atoms with Crippen molar-refractivity contribution < 1.29 is 13.5 Å². The van der Waals surface area contributed by atoms with Crippen LogP contribution in [0.25, 0.3) is 0 Å². The molecule has 1 aromatic carbocycles. The van der Waals surface area contributed by atoms with Gasteiger partial charge in [0.1, 0.15) is 5.75 Å². The average molecular weight is 216 g/mol. The molecule has 1 aromatic rings. The number of rotatable bonds is 3. The molecule has 0 atom stereocenters. The van der Waals surface area contributed by atoms with Gasteiger partial charge in [0, 0.05) is 13.1 Å². The molecule has 5 nitrogen and oxygen atoms in total. The molecule has 0 fully saturated rings. The lowest BCUT2D eigenvalue weighted by atomic mass is 10.2. The first kappa shape index (κ1) is 10.8. The second-order valence-electron chi connectivity index (χ2n) is 2.81. The maximum absolute atomic E-state index is 11.1. The summed E-state index contributed by atoms with van der Waals surface area (Å²) in [5.41, 5.74) is 1.01. The van der Waals surface area contributed by atoms with Gasteiger partial charge >= 0.3 is 0 Å². The Bertz CT molecular complexity index is 428. The van der Waals surface area contributed by atoms with Crippen molar-refractivity contribution in [3.8, 4) is 5.75 Å². The third-order valence-corrected chi connectivity index (χ3v) is 2.77. The molecule has 0 saturated heterocycles. The molecule has 0 bridgehead atoms. The third-order valence-electron chi connectivity index (χ3n) is 1.73. The molecule has 0 aliphatic rings. The number of aromatic hydroxyl groups is 1. The highest BCUT2D eigenvalue weighted by Crippen LogP contribution is 2.21. The second kappa shape index (κ2) is 3.85. The Balaban J connectivity index is 2.94. The van der Waals surface area contributed by atoms with Gasteiger partial charge in [0.2, 0.25) is 0 Å². The van der Waals surface area contributed by atoms with Crippen LogP contribution in [0, 0.1) is 6.92 Å². The van der Waals surface area contributed by atoms with Crippen LogP contribution in [0.5, 0.6) is 5.75 Å². The Morgan fingerprint density at radius 1 is 1.36 bits per heavy atom. The lowest BCUT2D eigenvalue weighted by Crippen LogP contribution is -2.26. The van der Waals surface area contributed by atoms with Crippen molar-refractivity contribution in [2.75, 3.05) is 11.8 Å². The normalized spacial score (nSPS) is 11.3. The van der Waals surface area contributed by atoms with E-state index in [0.717, 1.165) is 0 Å². The van der Waals surface area contributed by atoms with Gasteiger partial charge in [-0.3, -0.25) is 4.72 Å². The van der Waals surface area contributed by atoms with Gasteiger partial charge in [-0.15, -0.1) is 0 Å². The molecular weight excluding hydrogens is 204 g/mol. The molecule has 0 amide bonds. The van der Waals surface area contributed by atoms with Gasteiger partial charge in [-0.25, -0.2) is 4.72 Å². The molecule has 0 aromatic heterocycles. The Morgan fingerprint density at radius 3 is 2.50 bits per heavy atom. The highest BCUT2D eigenvalue weighted by molar-refractivity contribution is 7.90. The number of benzene rings is 1. The minimum atomic E-state index is -3.51. The summed E-state index contributed by atoms with van der Waals surface area (Å²) < 4.78 is 26.5. The molecule has 0 heterocycles. The number of hydrogen-bond acceptors (Lipinski definition) is 3. The van der Waals surface area contributed by atoms with Crippen LogP contribution in [0.2, 0.25) is 0 Å². The number of hydrogen-bond donors (Lipinski definition) is 3. The lowest BCUT2D eigenvalue weighted by Gasteiger charge is -2.07. The first-order chi connectivity index (χ1) is 6.44. The van der Waals surface area contributed by atoms with Crippen LogP contribution in [0.15, 0.2) is 18.2 Å². The van der Waals surface area contributed by atoms with E-state index in [2.05, 4.69) is 9.44 Å². The van der Waals surface area contributed by atoms with Crippen molar-refractivity contribution in [1.82, 2.24) is 4.72 Å². The van der Waals surface area contributed by atoms with Crippen molar-refractivity contribution in [2.24, 2.45) is 0 Å². The number of phenolic OH excluding ortho intramolecular Hbond substituents is 1. The van der Waals surface area contributed by atoms with Crippen molar-refractivity contribution in [1.29, 1.82) is 0 Å². The molecule has 1 rings (SSSR count). The maximum Gasteiger partial charge on any atom is 0.298 e. The van der Waals surface area contributed by atoms with Crippen molar-refractivity contribution >= 4 is 15.9 Å². The summed E-state index contributed by atoms with van der Waals surface area (Å²) in [4.78, 5) is 0. The Labute approximate surface area is 83.0 Å². The summed E-state index contributed by atoms with van der Waals surface area (Å²) in [6.07, 6.45) is 0. The zero-order valence-electron chi connectivity index (χ0n) is 7.90. The lowest BCUT2D eigenvalue weighted by molar-refractivity contribution is 0.471. The van der Waals surface area contributed by atoms with E-state index < -0.39 is 10.2 Å². The van der Waals surface area contributed by atoms with E-state index in [0.29, 0.717) is 11.3 Å². The summed E-state index contributed by atoms with van der Waals surface area (Å²) in [5.74, 6) is 0.0568. The smallest absolute Gasteiger partial charge is 0.298 e. The summed E-state index contributed by atoms with van der Waals surface area (Å²) in [6, 6.07) is 4.55. The minimum absolute atomic E-state index is 0.0568. The standard InChI is InChI=1S/C8H12N2O3S/c1-6-3-4-7(5-8(6)11)10-14(12,13)9-2/h3-5,9-11H,1-2H3. The van der Waals surface area contributed by atoms with Crippen LogP contribution in [-0.2, 0) is 10.2 Å². The van der Waals surface area contributed by atoms with Gasteiger partial charge in [-0.2, -0.15) is 8.42 Å². The van der Waals surface area contributed by atoms with Gasteiger partial charge in [-0.1, -0.05) is 6.07 Å². The SMILES string of the molecule is CNS(=O)(=O)Nc1ccc(C)c(O)c1. The van der Waals surface area contributed by atoms with Crippen molar-refractivity contribution in [2.45, 2.75) is 6.92 Å². The first-order valence-corrected chi connectivity index (χ1v) is 5.44. The third kappa shape index (κ3) is 2.61. The maximum atomic E-state index is 11.1. The second-order valence-corrected chi connectivity index (χ2v) is 4.43. The highest BCUT2D eigenvalue weighted by atomic mass is 32.2. The first-order valence-electron chi connectivity index (χ1n) is 3.95. The molecule has 14 heavy (non-hydrogen) atoms. The van der Waals surface area contributed by atoms with Crippen molar-refractivity contribution in [3.63, 3.8) is 0 Å². The molecule has 0 unspecified atom stereocenters. The van der Waals surface area contributed by atoms with E-state index in [1.54, 1.807) is 19.1 Å². The minimum Gasteiger partial charge on any atom is -0.508 e. The van der Waals surface area contributed by atoms with Crippen LogP contribution < -0.4 is 9.44 Å². The molecule has 0 saturated carbocycles. The molecule has 0 spiro atoms. The molecule has 0 aliphatic heterocycles. The predicted octanol–water partition coefficient (Wildman–Crippen LogP) is 0.577. The molecule has 0 radical (unpaired) electrons. The number of nitrogens with one attached hydrogen (secondary N) is 2. The fourth-order valence-electron chi connectivity index (χ4n) is 0.879. The summed E-state index contributed by atoms with van der Waals surface area (Å²) in [6.45, 7) is 1.73. The number of phenols is 1. The van der Waals surface area contributed by atoms with Crippen LogP contribution in [0.4, 0.5) is 5.69 Å². The van der Waals surface area contributed by atoms with Crippen LogP contribution in [0.3, 0.4) is 0 Å². The topological polar surface area (TPSA) is 78.4 Å². The van der Waals surface area contributed by atoms with Gasteiger partial charge < -0.3 is 5.11 Å². The zero-order valence-corrected chi connectivity index (χ0v) is 8.72. The van der Waals surface area contributed by atoms with Crippen molar-refractivity contribution in [3.05, 3.63) is 23.8 Å². The van der Waals surface area contributed by atoms with Gasteiger partial charge in [0.15, 0.2) is 0 Å². The molecule has 78 valence electrons. The largest absolute Gasteiger partial charge is 0.508 e. The van der Waals surface area contributed by atoms with E-state index in [4.69, 9.17) is 0 Å². The van der Waals surface area contributed by atoms with E-state index in [-0.39, 0.29) is 5.75 Å². The summed E-state index contributed by atoms with van der Waals surface area (Å²) in [7, 11) is -2.21. The monoisotopic (exact) mass is 216 g/mol. The van der Waals surface area contributed by atoms with E-state index in [9.17, 15) is 13.5 Å². The van der Waals surface area contributed by atoms with Crippen LogP contribution in [-0.4, -0.2) is 20.6 Å². The molecule has 6 heteroatoms. The zero-order chi connectivity index (χ0) is 10.8. The van der Waals surface area contributed by atoms with Gasteiger partial charge in [-0.05, 0) is 18.6 Å². The Kier molecular flexibility index (Phi) is 2.97. The average Bonchev–Trinajstić information content (AvgIpc) is 2.11. The molecule has 0 aliphatic carbocycles. The fraction of sp³-hybridized carbons (Fsp3) is 0.250. The van der Waals surface area contributed by atoms with Crippen LogP contribution >= 0.6 is 0 Å². The summed E-state index contributed by atoms with van der Waals surface area (Å²) >= 11 is 0. The fourth-order valence-corrected chi connectivity index (χ4v) is 1.42.